The zero-order chi connectivity index (χ0) is 11.0. The molecule has 2 aliphatic rings. The maximum Gasteiger partial charge on any atom is 0.293 e. The molecule has 86 valence electrons. The summed E-state index contributed by atoms with van der Waals surface area (Å²) in [5.74, 6) is 1.56. The Balaban J connectivity index is 1.71. The van der Waals surface area contributed by atoms with E-state index < -0.39 is 0 Å². The topological polar surface area (TPSA) is 71.1 Å². The van der Waals surface area contributed by atoms with E-state index in [1.807, 2.05) is 0 Å². The Labute approximate surface area is 93.0 Å². The standard InChI is InChI=1S/C10H14N4O2/c15-10(14-3-5-16-6-4-14)9-11-8(12-13-9)7-1-2-7/h7H,1-6H2,(H,11,12,13). The molecule has 3 rings (SSSR count). The van der Waals surface area contributed by atoms with Gasteiger partial charge >= 0.3 is 0 Å². The van der Waals surface area contributed by atoms with E-state index in [1.165, 1.54) is 0 Å². The summed E-state index contributed by atoms with van der Waals surface area (Å²) >= 11 is 0. The first kappa shape index (κ1) is 9.77. The number of H-pyrrole nitrogens is 1. The molecule has 1 aromatic rings. The largest absolute Gasteiger partial charge is 0.378 e. The van der Waals surface area contributed by atoms with Gasteiger partial charge in [0.15, 0.2) is 0 Å². The van der Waals surface area contributed by atoms with Crippen LogP contribution < -0.4 is 0 Å². The first-order chi connectivity index (χ1) is 7.84. The van der Waals surface area contributed by atoms with Crippen molar-refractivity contribution < 1.29 is 9.53 Å². The van der Waals surface area contributed by atoms with E-state index in [9.17, 15) is 4.79 Å². The Morgan fingerprint density at radius 3 is 2.81 bits per heavy atom. The van der Waals surface area contributed by atoms with Crippen molar-refractivity contribution >= 4 is 5.91 Å². The highest BCUT2D eigenvalue weighted by atomic mass is 16.5. The second kappa shape index (κ2) is 3.86. The fraction of sp³-hybridized carbons (Fsp3) is 0.700. The van der Waals surface area contributed by atoms with Gasteiger partial charge in [-0.15, -0.1) is 5.10 Å². The summed E-state index contributed by atoms with van der Waals surface area (Å²) in [5, 5.41) is 6.83. The van der Waals surface area contributed by atoms with E-state index in [-0.39, 0.29) is 5.91 Å². The quantitative estimate of drug-likeness (QED) is 0.773. The number of aromatic amines is 1. The molecule has 1 amide bonds. The molecule has 1 saturated carbocycles. The Hall–Kier alpha value is -1.43. The molecular formula is C10H14N4O2. The van der Waals surface area contributed by atoms with Crippen molar-refractivity contribution in [1.29, 1.82) is 0 Å². The highest BCUT2D eigenvalue weighted by Crippen LogP contribution is 2.37. The number of carbonyl (C=O) groups excluding carboxylic acids is 1. The molecular weight excluding hydrogens is 208 g/mol. The Kier molecular flexibility index (Phi) is 2.36. The van der Waals surface area contributed by atoms with Gasteiger partial charge < -0.3 is 9.64 Å². The molecule has 0 aromatic carbocycles. The van der Waals surface area contributed by atoms with Crippen LogP contribution in [0.25, 0.3) is 0 Å². The Morgan fingerprint density at radius 1 is 1.38 bits per heavy atom. The molecule has 0 bridgehead atoms. The van der Waals surface area contributed by atoms with Gasteiger partial charge in [-0.1, -0.05) is 0 Å². The molecule has 6 nitrogen and oxygen atoms in total. The van der Waals surface area contributed by atoms with Crippen molar-refractivity contribution in [2.45, 2.75) is 18.8 Å². The summed E-state index contributed by atoms with van der Waals surface area (Å²) < 4.78 is 5.20. The molecule has 0 atom stereocenters. The highest BCUT2D eigenvalue weighted by molar-refractivity contribution is 5.90. The van der Waals surface area contributed by atoms with Crippen LogP contribution >= 0.6 is 0 Å². The first-order valence-electron chi connectivity index (χ1n) is 5.64. The number of nitrogens with zero attached hydrogens (tertiary/aromatic N) is 3. The van der Waals surface area contributed by atoms with Gasteiger partial charge in [0, 0.05) is 19.0 Å². The lowest BCUT2D eigenvalue weighted by Crippen LogP contribution is -2.41. The highest BCUT2D eigenvalue weighted by Gasteiger charge is 2.29. The minimum absolute atomic E-state index is 0.0912. The molecule has 1 N–H and O–H groups in total. The van der Waals surface area contributed by atoms with Crippen molar-refractivity contribution in [3.63, 3.8) is 0 Å². The van der Waals surface area contributed by atoms with Crippen molar-refractivity contribution in [1.82, 2.24) is 20.1 Å². The third kappa shape index (κ3) is 1.80. The SMILES string of the molecule is O=C(c1n[nH]c(C2CC2)n1)N1CCOCC1. The number of hydrogen-bond donors (Lipinski definition) is 1. The zero-order valence-electron chi connectivity index (χ0n) is 8.98. The average Bonchev–Trinajstić information content (AvgIpc) is 3.08. The van der Waals surface area contributed by atoms with Crippen LogP contribution in [0.2, 0.25) is 0 Å². The van der Waals surface area contributed by atoms with E-state index >= 15 is 0 Å². The number of ether oxygens (including phenoxy) is 1. The van der Waals surface area contributed by atoms with E-state index in [0.29, 0.717) is 38.0 Å². The van der Waals surface area contributed by atoms with Crippen LogP contribution in [0.5, 0.6) is 0 Å². The number of amides is 1. The summed E-state index contributed by atoms with van der Waals surface area (Å²) in [5.41, 5.74) is 0. The van der Waals surface area contributed by atoms with Crippen molar-refractivity contribution in [2.75, 3.05) is 26.3 Å². The number of hydrogen-bond acceptors (Lipinski definition) is 4. The minimum atomic E-state index is -0.0912. The molecule has 6 heteroatoms. The number of rotatable bonds is 2. The molecule has 0 spiro atoms. The molecule has 0 radical (unpaired) electrons. The number of morpholine rings is 1. The fourth-order valence-electron chi connectivity index (χ4n) is 1.82. The van der Waals surface area contributed by atoms with Gasteiger partial charge in [0.05, 0.1) is 13.2 Å². The molecule has 2 fully saturated rings. The normalized spacial score (nSPS) is 21.1. The van der Waals surface area contributed by atoms with Crippen LogP contribution in [0.1, 0.15) is 35.2 Å². The summed E-state index contributed by atoms with van der Waals surface area (Å²) in [7, 11) is 0. The van der Waals surface area contributed by atoms with E-state index in [2.05, 4.69) is 15.2 Å². The summed E-state index contributed by atoms with van der Waals surface area (Å²) in [4.78, 5) is 18.0. The van der Waals surface area contributed by atoms with Gasteiger partial charge in [-0.05, 0) is 12.8 Å². The Morgan fingerprint density at radius 2 is 2.12 bits per heavy atom. The van der Waals surface area contributed by atoms with Crippen molar-refractivity contribution in [3.05, 3.63) is 11.6 Å². The first-order valence-corrected chi connectivity index (χ1v) is 5.64. The van der Waals surface area contributed by atoms with Gasteiger partial charge in [-0.25, -0.2) is 4.98 Å². The van der Waals surface area contributed by atoms with Crippen molar-refractivity contribution in [3.8, 4) is 0 Å². The predicted molar refractivity (Wildman–Crippen MR) is 55.1 cm³/mol. The van der Waals surface area contributed by atoms with Gasteiger partial charge in [0.25, 0.3) is 5.91 Å². The third-order valence-electron chi connectivity index (χ3n) is 2.96. The summed E-state index contributed by atoms with van der Waals surface area (Å²) in [6.07, 6.45) is 2.31. The van der Waals surface area contributed by atoms with Crippen LogP contribution in [-0.2, 0) is 4.74 Å². The van der Waals surface area contributed by atoms with Gasteiger partial charge in [0.2, 0.25) is 5.82 Å². The number of aromatic nitrogens is 3. The molecule has 1 aliphatic heterocycles. The second-order valence-corrected chi connectivity index (χ2v) is 4.22. The zero-order valence-corrected chi connectivity index (χ0v) is 8.98. The van der Waals surface area contributed by atoms with Crippen LogP contribution in [-0.4, -0.2) is 52.3 Å². The van der Waals surface area contributed by atoms with Crippen LogP contribution in [0.3, 0.4) is 0 Å². The minimum Gasteiger partial charge on any atom is -0.378 e. The van der Waals surface area contributed by atoms with Crippen LogP contribution in [0.4, 0.5) is 0 Å². The smallest absolute Gasteiger partial charge is 0.293 e. The van der Waals surface area contributed by atoms with E-state index in [4.69, 9.17) is 4.74 Å². The molecule has 16 heavy (non-hydrogen) atoms. The average molecular weight is 222 g/mol. The molecule has 0 unspecified atom stereocenters. The lowest BCUT2D eigenvalue weighted by Gasteiger charge is -2.25. The number of nitrogens with one attached hydrogen (secondary N) is 1. The summed E-state index contributed by atoms with van der Waals surface area (Å²) in [6.45, 7) is 2.47. The Bertz CT molecular complexity index is 393. The lowest BCUT2D eigenvalue weighted by atomic mass is 10.4. The molecule has 1 aliphatic carbocycles. The second-order valence-electron chi connectivity index (χ2n) is 4.22. The molecule has 2 heterocycles. The van der Waals surface area contributed by atoms with Crippen molar-refractivity contribution in [2.24, 2.45) is 0 Å². The van der Waals surface area contributed by atoms with Gasteiger partial charge in [-0.3, -0.25) is 9.89 Å². The van der Waals surface area contributed by atoms with Crippen LogP contribution in [0.15, 0.2) is 0 Å². The van der Waals surface area contributed by atoms with E-state index in [0.717, 1.165) is 18.7 Å². The molecule has 1 saturated heterocycles. The number of carbonyl (C=O) groups is 1. The van der Waals surface area contributed by atoms with E-state index in [1.54, 1.807) is 4.90 Å². The fourth-order valence-corrected chi connectivity index (χ4v) is 1.82. The monoisotopic (exact) mass is 222 g/mol. The van der Waals surface area contributed by atoms with Crippen LogP contribution in [0, 0.1) is 0 Å². The maximum absolute atomic E-state index is 12.0. The lowest BCUT2D eigenvalue weighted by molar-refractivity contribution is 0.0295. The van der Waals surface area contributed by atoms with Gasteiger partial charge in [0.1, 0.15) is 5.82 Å². The maximum atomic E-state index is 12.0. The summed E-state index contributed by atoms with van der Waals surface area (Å²) in [6, 6.07) is 0. The van der Waals surface area contributed by atoms with Gasteiger partial charge in [-0.2, -0.15) is 0 Å². The molecule has 1 aromatic heterocycles. The predicted octanol–water partition coefficient (Wildman–Crippen LogP) is 0.154. The third-order valence-corrected chi connectivity index (χ3v) is 2.96.